The van der Waals surface area contributed by atoms with E-state index in [-0.39, 0.29) is 30.4 Å². The van der Waals surface area contributed by atoms with Gasteiger partial charge in [0.1, 0.15) is 11.5 Å². The van der Waals surface area contributed by atoms with E-state index in [1.165, 1.54) is 6.92 Å². The SMILES string of the molecule is C.CC(=O)c1c(C)c2cnc(Nc3ccc(N4CCNCC4)cn3)nc2n(C2CCCC2)c1=O.O=S(=O)(O)CCO. The van der Waals surface area contributed by atoms with Crippen LogP contribution in [0.25, 0.3) is 11.0 Å². The molecule has 1 saturated heterocycles. The van der Waals surface area contributed by atoms with Crippen molar-refractivity contribution in [2.45, 2.75) is 53.0 Å². The zero-order valence-corrected chi connectivity index (χ0v) is 23.4. The number of aromatic nitrogens is 4. The normalized spacial score (nSPS) is 15.7. The summed E-state index contributed by atoms with van der Waals surface area (Å²) >= 11 is 0. The molecule has 41 heavy (non-hydrogen) atoms. The molecule has 0 aromatic carbocycles. The Kier molecular flexibility index (Phi) is 10.9. The monoisotopic (exact) mass is 589 g/mol. The van der Waals surface area contributed by atoms with Crippen molar-refractivity contribution >= 4 is 44.4 Å². The molecule has 1 aliphatic heterocycles. The van der Waals surface area contributed by atoms with Gasteiger partial charge in [-0.15, -0.1) is 0 Å². The summed E-state index contributed by atoms with van der Waals surface area (Å²) in [5, 5.41) is 15.1. The third-order valence-electron chi connectivity index (χ3n) is 7.07. The number of aryl methyl sites for hydroxylation is 1. The molecule has 3 aromatic heterocycles. The Morgan fingerprint density at radius 3 is 2.37 bits per heavy atom. The van der Waals surface area contributed by atoms with E-state index >= 15 is 0 Å². The van der Waals surface area contributed by atoms with E-state index in [4.69, 9.17) is 14.6 Å². The van der Waals surface area contributed by atoms with Gasteiger partial charge in [0, 0.05) is 43.8 Å². The molecule has 0 unspecified atom stereocenters. The first-order valence-electron chi connectivity index (χ1n) is 13.3. The van der Waals surface area contributed by atoms with Gasteiger partial charge in [0.15, 0.2) is 5.78 Å². The van der Waals surface area contributed by atoms with Crippen LogP contribution in [-0.4, -0.2) is 81.9 Å². The van der Waals surface area contributed by atoms with Gasteiger partial charge in [0.25, 0.3) is 15.7 Å². The maximum Gasteiger partial charge on any atom is 0.267 e. The van der Waals surface area contributed by atoms with E-state index in [9.17, 15) is 18.0 Å². The maximum atomic E-state index is 13.3. The van der Waals surface area contributed by atoms with Gasteiger partial charge >= 0.3 is 0 Å². The lowest BCUT2D eigenvalue weighted by atomic mass is 10.0. The molecule has 0 spiro atoms. The summed E-state index contributed by atoms with van der Waals surface area (Å²) in [5.41, 5.74) is 2.29. The summed E-state index contributed by atoms with van der Waals surface area (Å²) in [6.45, 7) is 6.58. The zero-order chi connectivity index (χ0) is 28.9. The molecule has 4 N–H and O–H groups in total. The molecule has 0 atom stereocenters. The van der Waals surface area contributed by atoms with Gasteiger partial charge in [-0.05, 0) is 44.4 Å². The Balaban J connectivity index is 0.000000516. The predicted molar refractivity (Wildman–Crippen MR) is 159 cm³/mol. The lowest BCUT2D eigenvalue weighted by Crippen LogP contribution is -2.43. The van der Waals surface area contributed by atoms with Crippen molar-refractivity contribution < 1.29 is 22.9 Å². The molecule has 0 radical (unpaired) electrons. The Hall–Kier alpha value is -3.46. The number of fused-ring (bicyclic) bond motifs is 1. The first-order valence-corrected chi connectivity index (χ1v) is 14.9. The van der Waals surface area contributed by atoms with Crippen LogP contribution in [0.4, 0.5) is 17.5 Å². The van der Waals surface area contributed by atoms with Gasteiger partial charge in [-0.25, -0.2) is 9.97 Å². The minimum atomic E-state index is -3.92. The summed E-state index contributed by atoms with van der Waals surface area (Å²) in [5.74, 6) is 0.223. The highest BCUT2D eigenvalue weighted by Crippen LogP contribution is 2.32. The number of anilines is 3. The Morgan fingerprint density at radius 1 is 1.15 bits per heavy atom. The smallest absolute Gasteiger partial charge is 0.267 e. The topological polar surface area (TPSA) is 180 Å². The quantitative estimate of drug-likeness (QED) is 0.234. The molecule has 1 aliphatic carbocycles. The number of pyridine rings is 2. The van der Waals surface area contributed by atoms with Crippen LogP contribution in [0.5, 0.6) is 0 Å². The average Bonchev–Trinajstić information content (AvgIpc) is 3.44. The molecule has 14 heteroatoms. The lowest BCUT2D eigenvalue weighted by Gasteiger charge is -2.29. The third kappa shape index (κ3) is 7.85. The first kappa shape index (κ1) is 32.1. The fourth-order valence-electron chi connectivity index (χ4n) is 5.11. The highest BCUT2D eigenvalue weighted by Gasteiger charge is 2.26. The summed E-state index contributed by atoms with van der Waals surface area (Å²) in [6, 6.07) is 4.01. The van der Waals surface area contributed by atoms with E-state index in [2.05, 4.69) is 25.5 Å². The second-order valence-electron chi connectivity index (χ2n) is 9.87. The maximum absolute atomic E-state index is 13.3. The van der Waals surface area contributed by atoms with E-state index in [1.807, 2.05) is 18.3 Å². The first-order chi connectivity index (χ1) is 19.1. The van der Waals surface area contributed by atoms with Gasteiger partial charge in [0.2, 0.25) is 5.95 Å². The number of hydrogen-bond acceptors (Lipinski definition) is 11. The zero-order valence-electron chi connectivity index (χ0n) is 22.6. The van der Waals surface area contributed by atoms with Crippen LogP contribution in [0.3, 0.4) is 0 Å². The minimum Gasteiger partial charge on any atom is -0.395 e. The fraction of sp³-hybridized carbons (Fsp3) is 0.519. The second kappa shape index (κ2) is 13.9. The van der Waals surface area contributed by atoms with Gasteiger partial charge in [-0.1, -0.05) is 20.3 Å². The molecule has 3 aromatic rings. The number of hydrogen-bond donors (Lipinski definition) is 4. The van der Waals surface area contributed by atoms with Crippen LogP contribution in [0.1, 0.15) is 62.0 Å². The molecule has 2 aliphatic rings. The van der Waals surface area contributed by atoms with Crippen LogP contribution < -0.4 is 21.1 Å². The number of nitrogens with one attached hydrogen (secondary N) is 2. The van der Waals surface area contributed by atoms with Crippen molar-refractivity contribution in [1.82, 2.24) is 24.8 Å². The minimum absolute atomic E-state index is 0. The number of carbonyl (C=O) groups is 1. The van der Waals surface area contributed by atoms with Gasteiger partial charge in [-0.2, -0.15) is 13.4 Å². The molecule has 2 fully saturated rings. The third-order valence-corrected chi connectivity index (χ3v) is 7.77. The van der Waals surface area contributed by atoms with Gasteiger partial charge < -0.3 is 20.6 Å². The van der Waals surface area contributed by atoms with Gasteiger partial charge in [-0.3, -0.25) is 18.7 Å². The van der Waals surface area contributed by atoms with E-state index in [0.717, 1.165) is 62.9 Å². The molecule has 224 valence electrons. The molecule has 13 nitrogen and oxygen atoms in total. The number of ketones is 1. The molecular weight excluding hydrogens is 550 g/mol. The van der Waals surface area contributed by atoms with Crippen molar-refractivity contribution in [2.75, 3.05) is 48.8 Å². The van der Waals surface area contributed by atoms with Crippen molar-refractivity contribution in [3.05, 3.63) is 46.0 Å². The standard InChI is InChI=1S/C24H29N7O2.C2H6O4S.CH4/c1-15-19-14-27-24(28-20-8-7-18(13-26-20)30-11-9-25-10-12-30)29-22(19)31(17-5-3-4-6-17)23(33)21(15)16(2)32;3-1-2-7(4,5)6;/h7-8,13-14,17,25H,3-6,9-12H2,1-2H3,(H,26,27,28,29);3H,1-2H2,(H,4,5,6);1H4. The number of piperazine rings is 1. The summed E-state index contributed by atoms with van der Waals surface area (Å²) in [4.78, 5) is 41.6. The van der Waals surface area contributed by atoms with E-state index in [0.29, 0.717) is 23.0 Å². The Bertz CT molecular complexity index is 1510. The van der Waals surface area contributed by atoms with Crippen molar-refractivity contribution in [3.8, 4) is 0 Å². The fourth-order valence-corrected chi connectivity index (χ4v) is 5.34. The second-order valence-corrected chi connectivity index (χ2v) is 11.4. The number of nitrogens with zero attached hydrogens (tertiary/aromatic N) is 5. The predicted octanol–water partition coefficient (Wildman–Crippen LogP) is 2.47. The van der Waals surface area contributed by atoms with E-state index < -0.39 is 22.5 Å². The average molecular weight is 590 g/mol. The van der Waals surface area contributed by atoms with Crippen LogP contribution in [0.15, 0.2) is 29.3 Å². The van der Waals surface area contributed by atoms with Crippen molar-refractivity contribution in [2.24, 2.45) is 0 Å². The number of carbonyl (C=O) groups excluding carboxylic acids is 1. The lowest BCUT2D eigenvalue weighted by molar-refractivity contribution is 0.101. The van der Waals surface area contributed by atoms with Crippen LogP contribution in [0, 0.1) is 6.92 Å². The molecular formula is C27H39N7O6S. The summed E-state index contributed by atoms with van der Waals surface area (Å²) < 4.78 is 28.8. The number of rotatable bonds is 7. The molecule has 0 amide bonds. The number of aliphatic hydroxyl groups is 1. The Morgan fingerprint density at radius 2 is 1.83 bits per heavy atom. The molecule has 4 heterocycles. The summed E-state index contributed by atoms with van der Waals surface area (Å²) in [7, 11) is -3.92. The van der Waals surface area contributed by atoms with Crippen LogP contribution in [0.2, 0.25) is 0 Å². The number of Topliss-reactive ketones (excluding diaryl/α,β-unsaturated/α-hetero) is 1. The number of aliphatic hydroxyl groups excluding tert-OH is 1. The van der Waals surface area contributed by atoms with Crippen molar-refractivity contribution in [3.63, 3.8) is 0 Å². The largest absolute Gasteiger partial charge is 0.395 e. The highest BCUT2D eigenvalue weighted by molar-refractivity contribution is 7.85. The van der Waals surface area contributed by atoms with Crippen molar-refractivity contribution in [1.29, 1.82) is 0 Å². The molecule has 5 rings (SSSR count). The summed E-state index contributed by atoms with van der Waals surface area (Å²) in [6.07, 6.45) is 7.52. The highest BCUT2D eigenvalue weighted by atomic mass is 32.2. The van der Waals surface area contributed by atoms with E-state index in [1.54, 1.807) is 17.7 Å². The van der Waals surface area contributed by atoms with Gasteiger partial charge in [0.05, 0.1) is 29.8 Å². The Labute approximate surface area is 239 Å². The van der Waals surface area contributed by atoms with Crippen LogP contribution >= 0.6 is 0 Å². The molecule has 1 saturated carbocycles. The van der Waals surface area contributed by atoms with Crippen LogP contribution in [-0.2, 0) is 10.1 Å². The molecule has 0 bridgehead atoms.